The predicted molar refractivity (Wildman–Crippen MR) is 69.5 cm³/mol. The van der Waals surface area contributed by atoms with Gasteiger partial charge in [0.05, 0.1) is 12.2 Å². The van der Waals surface area contributed by atoms with E-state index in [1.165, 1.54) is 5.57 Å². The Morgan fingerprint density at radius 2 is 1.94 bits per heavy atom. The van der Waals surface area contributed by atoms with E-state index in [9.17, 15) is 10.2 Å². The summed E-state index contributed by atoms with van der Waals surface area (Å²) >= 11 is 0. The van der Waals surface area contributed by atoms with Crippen LogP contribution in [0, 0.1) is 17.3 Å². The Morgan fingerprint density at radius 1 is 1.29 bits per heavy atom. The molecule has 0 aromatic heterocycles. The van der Waals surface area contributed by atoms with E-state index in [1.807, 2.05) is 6.92 Å². The number of aliphatic hydroxyl groups is 2. The minimum Gasteiger partial charge on any atom is -0.389 e. The van der Waals surface area contributed by atoms with Crippen molar-refractivity contribution in [3.8, 4) is 0 Å². The van der Waals surface area contributed by atoms with Gasteiger partial charge in [-0.3, -0.25) is 0 Å². The number of hydrogen-bond donors (Lipinski definition) is 2. The molecule has 0 spiro atoms. The van der Waals surface area contributed by atoms with Gasteiger partial charge < -0.3 is 10.2 Å². The fourth-order valence-electron chi connectivity index (χ4n) is 3.32. The highest BCUT2D eigenvalue weighted by atomic mass is 16.3. The lowest BCUT2D eigenvalue weighted by atomic mass is 9.61. The van der Waals surface area contributed by atoms with E-state index < -0.39 is 12.2 Å². The molecule has 0 fully saturated rings. The van der Waals surface area contributed by atoms with Crippen molar-refractivity contribution in [3.63, 3.8) is 0 Å². The molecule has 0 heterocycles. The molecule has 2 heteroatoms. The maximum absolute atomic E-state index is 10.2. The average molecular weight is 236 g/mol. The fourth-order valence-corrected chi connectivity index (χ4v) is 3.32. The normalized spacial score (nSPS) is 41.9. The quantitative estimate of drug-likeness (QED) is 0.735. The first-order valence-electron chi connectivity index (χ1n) is 6.63. The zero-order chi connectivity index (χ0) is 12.8. The fraction of sp³-hybridized carbons (Fsp3) is 0.733. The maximum Gasteiger partial charge on any atom is 0.0994 e. The molecule has 0 amide bonds. The molecule has 2 aliphatic carbocycles. The molecular weight excluding hydrogens is 212 g/mol. The van der Waals surface area contributed by atoms with E-state index in [0.717, 1.165) is 18.4 Å². The molecule has 0 aliphatic heterocycles. The summed E-state index contributed by atoms with van der Waals surface area (Å²) in [5.41, 5.74) is 2.12. The lowest BCUT2D eigenvalue weighted by Gasteiger charge is -2.46. The van der Waals surface area contributed by atoms with Crippen LogP contribution in [0.4, 0.5) is 0 Å². The molecule has 4 atom stereocenters. The topological polar surface area (TPSA) is 40.5 Å². The van der Waals surface area contributed by atoms with Gasteiger partial charge in [-0.15, -0.1) is 0 Å². The third-order valence-electron chi connectivity index (χ3n) is 4.67. The summed E-state index contributed by atoms with van der Waals surface area (Å²) in [6.07, 6.45) is 4.81. The number of rotatable bonds is 1. The van der Waals surface area contributed by atoms with Crippen LogP contribution in [-0.2, 0) is 0 Å². The second kappa shape index (κ2) is 4.25. The van der Waals surface area contributed by atoms with E-state index in [1.54, 1.807) is 6.08 Å². The van der Waals surface area contributed by atoms with Gasteiger partial charge in [0, 0.05) is 5.41 Å². The standard InChI is InChI=1S/C15H24O2/c1-9(2)11-5-6-15(4)12(8-11)10(3)7-13(16)14(15)17/h7-9,11,13-14,16-17H,5-6H2,1-4H3. The first-order valence-corrected chi connectivity index (χ1v) is 6.63. The smallest absolute Gasteiger partial charge is 0.0994 e. The second-order valence-corrected chi connectivity index (χ2v) is 6.23. The molecular formula is C15H24O2. The van der Waals surface area contributed by atoms with Crippen LogP contribution in [0.1, 0.15) is 40.5 Å². The van der Waals surface area contributed by atoms with E-state index in [2.05, 4.69) is 26.8 Å². The largest absolute Gasteiger partial charge is 0.389 e. The first kappa shape index (κ1) is 12.8. The Hall–Kier alpha value is -0.600. The molecule has 96 valence electrons. The second-order valence-electron chi connectivity index (χ2n) is 6.23. The Labute approximate surface area is 104 Å². The predicted octanol–water partition coefficient (Wildman–Crippen LogP) is 2.67. The molecule has 0 aromatic rings. The van der Waals surface area contributed by atoms with E-state index in [-0.39, 0.29) is 5.41 Å². The van der Waals surface area contributed by atoms with Crippen molar-refractivity contribution in [2.75, 3.05) is 0 Å². The average Bonchev–Trinajstić information content (AvgIpc) is 2.26. The van der Waals surface area contributed by atoms with Gasteiger partial charge in [0.2, 0.25) is 0 Å². The van der Waals surface area contributed by atoms with E-state index >= 15 is 0 Å². The molecule has 0 saturated heterocycles. The number of fused-ring (bicyclic) bond motifs is 1. The highest BCUT2D eigenvalue weighted by molar-refractivity contribution is 5.42. The van der Waals surface area contributed by atoms with Gasteiger partial charge in [-0.2, -0.15) is 0 Å². The highest BCUT2D eigenvalue weighted by Crippen LogP contribution is 2.49. The van der Waals surface area contributed by atoms with Crippen molar-refractivity contribution in [2.45, 2.75) is 52.7 Å². The molecule has 0 aromatic carbocycles. The first-order chi connectivity index (χ1) is 7.86. The van der Waals surface area contributed by atoms with Crippen LogP contribution in [0.25, 0.3) is 0 Å². The van der Waals surface area contributed by atoms with Crippen LogP contribution in [-0.4, -0.2) is 22.4 Å². The summed E-state index contributed by atoms with van der Waals surface area (Å²) in [7, 11) is 0. The molecule has 0 bridgehead atoms. The van der Waals surface area contributed by atoms with Crippen molar-refractivity contribution in [1.82, 2.24) is 0 Å². The van der Waals surface area contributed by atoms with Gasteiger partial charge in [0.25, 0.3) is 0 Å². The van der Waals surface area contributed by atoms with Crippen molar-refractivity contribution < 1.29 is 10.2 Å². The number of allylic oxidation sites excluding steroid dienone is 2. The van der Waals surface area contributed by atoms with Crippen LogP contribution in [0.2, 0.25) is 0 Å². The summed E-state index contributed by atoms with van der Waals surface area (Å²) in [6.45, 7) is 8.62. The molecule has 2 N–H and O–H groups in total. The van der Waals surface area contributed by atoms with Gasteiger partial charge in [-0.05, 0) is 42.7 Å². The van der Waals surface area contributed by atoms with Crippen molar-refractivity contribution in [2.24, 2.45) is 17.3 Å². The zero-order valence-electron chi connectivity index (χ0n) is 11.3. The Bertz CT molecular complexity index is 367. The number of aliphatic hydroxyl groups excluding tert-OH is 2. The monoisotopic (exact) mass is 236 g/mol. The lowest BCUT2D eigenvalue weighted by molar-refractivity contribution is -0.0357. The van der Waals surface area contributed by atoms with E-state index in [4.69, 9.17) is 0 Å². The van der Waals surface area contributed by atoms with Gasteiger partial charge in [-0.1, -0.05) is 32.9 Å². The van der Waals surface area contributed by atoms with Gasteiger partial charge in [-0.25, -0.2) is 0 Å². The molecule has 4 unspecified atom stereocenters. The molecule has 0 radical (unpaired) electrons. The molecule has 0 saturated carbocycles. The lowest BCUT2D eigenvalue weighted by Crippen LogP contribution is -2.47. The van der Waals surface area contributed by atoms with Gasteiger partial charge in [0.15, 0.2) is 0 Å². The van der Waals surface area contributed by atoms with Crippen molar-refractivity contribution in [3.05, 3.63) is 23.3 Å². The molecule has 17 heavy (non-hydrogen) atoms. The molecule has 2 nitrogen and oxygen atoms in total. The van der Waals surface area contributed by atoms with Crippen molar-refractivity contribution in [1.29, 1.82) is 0 Å². The van der Waals surface area contributed by atoms with Crippen LogP contribution in [0.5, 0.6) is 0 Å². The van der Waals surface area contributed by atoms with Crippen LogP contribution in [0.3, 0.4) is 0 Å². The van der Waals surface area contributed by atoms with Gasteiger partial charge >= 0.3 is 0 Å². The SMILES string of the molecule is CC1=CC(O)C(O)C2(C)CCC(C(C)C)C=C12. The van der Waals surface area contributed by atoms with Crippen molar-refractivity contribution >= 4 is 0 Å². The minimum atomic E-state index is -0.715. The Kier molecular flexibility index (Phi) is 3.21. The van der Waals surface area contributed by atoms with Gasteiger partial charge in [0.1, 0.15) is 0 Å². The summed E-state index contributed by atoms with van der Waals surface area (Å²) in [5.74, 6) is 1.24. The zero-order valence-corrected chi connectivity index (χ0v) is 11.3. The van der Waals surface area contributed by atoms with Crippen LogP contribution in [0.15, 0.2) is 23.3 Å². The third kappa shape index (κ3) is 1.98. The summed E-state index contributed by atoms with van der Waals surface area (Å²) in [4.78, 5) is 0. The molecule has 2 rings (SSSR count). The summed E-state index contributed by atoms with van der Waals surface area (Å²) < 4.78 is 0. The maximum atomic E-state index is 10.2. The summed E-state index contributed by atoms with van der Waals surface area (Å²) in [5, 5.41) is 20.1. The Morgan fingerprint density at radius 3 is 2.53 bits per heavy atom. The van der Waals surface area contributed by atoms with Crippen LogP contribution >= 0.6 is 0 Å². The minimum absolute atomic E-state index is 0.260. The van der Waals surface area contributed by atoms with E-state index in [0.29, 0.717) is 11.8 Å². The number of hydrogen-bond acceptors (Lipinski definition) is 2. The Balaban J connectivity index is 2.43. The highest BCUT2D eigenvalue weighted by Gasteiger charge is 2.45. The third-order valence-corrected chi connectivity index (χ3v) is 4.67. The molecule has 2 aliphatic rings. The van der Waals surface area contributed by atoms with Crippen LogP contribution < -0.4 is 0 Å². The summed E-state index contributed by atoms with van der Waals surface area (Å²) in [6, 6.07) is 0.